The Morgan fingerprint density at radius 3 is 2.76 bits per heavy atom. The molecule has 21 heavy (non-hydrogen) atoms. The molecule has 3 rings (SSSR count). The van der Waals surface area contributed by atoms with E-state index in [0.29, 0.717) is 10.7 Å². The van der Waals surface area contributed by atoms with Gasteiger partial charge in [0.25, 0.3) is 0 Å². The molecule has 1 N–H and O–H groups in total. The molecule has 1 amide bonds. The zero-order valence-corrected chi connectivity index (χ0v) is 12.3. The van der Waals surface area contributed by atoms with Crippen molar-refractivity contribution in [2.24, 2.45) is 5.92 Å². The molecule has 2 unspecified atom stereocenters. The van der Waals surface area contributed by atoms with Crippen molar-refractivity contribution in [1.29, 1.82) is 0 Å². The summed E-state index contributed by atoms with van der Waals surface area (Å²) in [4.78, 5) is 12.3. The molecule has 1 aliphatic rings. The molecule has 2 nitrogen and oxygen atoms in total. The van der Waals surface area contributed by atoms with Crippen molar-refractivity contribution in [3.05, 3.63) is 64.4 Å². The Kier molecular flexibility index (Phi) is 3.68. The fourth-order valence-electron chi connectivity index (χ4n) is 2.60. The van der Waals surface area contributed by atoms with Crippen LogP contribution in [-0.2, 0) is 4.79 Å². The van der Waals surface area contributed by atoms with Gasteiger partial charge in [-0.05, 0) is 54.7 Å². The van der Waals surface area contributed by atoms with E-state index in [0.717, 1.165) is 17.5 Å². The minimum absolute atomic E-state index is 0.0328. The van der Waals surface area contributed by atoms with Crippen LogP contribution in [0.15, 0.2) is 42.5 Å². The third-order valence-electron chi connectivity index (χ3n) is 3.88. The number of anilines is 1. The van der Waals surface area contributed by atoms with Gasteiger partial charge in [0.05, 0.1) is 0 Å². The van der Waals surface area contributed by atoms with Crippen LogP contribution in [-0.4, -0.2) is 5.91 Å². The average molecular weight is 304 g/mol. The zero-order chi connectivity index (χ0) is 15.0. The first-order chi connectivity index (χ1) is 10.1. The van der Waals surface area contributed by atoms with Gasteiger partial charge in [-0.15, -0.1) is 0 Å². The van der Waals surface area contributed by atoms with E-state index in [1.165, 1.54) is 12.1 Å². The predicted molar refractivity (Wildman–Crippen MR) is 82.1 cm³/mol. The van der Waals surface area contributed by atoms with Crippen molar-refractivity contribution >= 4 is 23.2 Å². The summed E-state index contributed by atoms with van der Waals surface area (Å²) >= 11 is 6.16. The molecule has 2 aromatic rings. The number of aryl methyl sites for hydroxylation is 1. The van der Waals surface area contributed by atoms with Crippen molar-refractivity contribution in [3.8, 4) is 0 Å². The summed E-state index contributed by atoms with van der Waals surface area (Å²) in [6.45, 7) is 1.77. The van der Waals surface area contributed by atoms with E-state index in [4.69, 9.17) is 11.6 Å². The molecule has 2 aromatic carbocycles. The summed E-state index contributed by atoms with van der Waals surface area (Å²) in [6, 6.07) is 12.0. The fraction of sp³-hybridized carbons (Fsp3) is 0.235. The molecule has 0 spiro atoms. The molecular weight excluding hydrogens is 289 g/mol. The van der Waals surface area contributed by atoms with Gasteiger partial charge in [-0.25, -0.2) is 4.39 Å². The van der Waals surface area contributed by atoms with Crippen LogP contribution < -0.4 is 5.32 Å². The number of hydrogen-bond donors (Lipinski definition) is 1. The summed E-state index contributed by atoms with van der Waals surface area (Å²) in [5.41, 5.74) is 2.40. The van der Waals surface area contributed by atoms with Crippen LogP contribution in [0.1, 0.15) is 23.5 Å². The molecule has 0 heterocycles. The highest BCUT2D eigenvalue weighted by molar-refractivity contribution is 6.31. The van der Waals surface area contributed by atoms with Gasteiger partial charge in [0.15, 0.2) is 0 Å². The lowest BCUT2D eigenvalue weighted by Crippen LogP contribution is -2.15. The fourth-order valence-corrected chi connectivity index (χ4v) is 2.87. The van der Waals surface area contributed by atoms with E-state index in [9.17, 15) is 9.18 Å². The first-order valence-corrected chi connectivity index (χ1v) is 7.25. The average Bonchev–Trinajstić information content (AvgIpc) is 3.23. The Hall–Kier alpha value is -1.87. The molecule has 0 radical (unpaired) electrons. The number of halogens is 2. The van der Waals surface area contributed by atoms with E-state index in [1.54, 1.807) is 13.0 Å². The quantitative estimate of drug-likeness (QED) is 0.887. The lowest BCUT2D eigenvalue weighted by Gasteiger charge is -2.08. The number of hydrogen-bond acceptors (Lipinski definition) is 1. The smallest absolute Gasteiger partial charge is 0.228 e. The highest BCUT2D eigenvalue weighted by Crippen LogP contribution is 2.50. The van der Waals surface area contributed by atoms with E-state index >= 15 is 0 Å². The second-order valence-corrected chi connectivity index (χ2v) is 5.83. The molecular formula is C17H15ClFNO. The standard InChI is InChI=1S/C17H15ClFNO/c1-10-8-11(19)6-7-16(10)20-17(21)14-9-13(14)12-4-2-3-5-15(12)18/h2-8,13-14H,9H2,1H3,(H,20,21). The van der Waals surface area contributed by atoms with Crippen LogP contribution in [0.25, 0.3) is 0 Å². The van der Waals surface area contributed by atoms with Crippen molar-refractivity contribution in [2.75, 3.05) is 5.32 Å². The summed E-state index contributed by atoms with van der Waals surface area (Å²) in [6.07, 6.45) is 0.801. The summed E-state index contributed by atoms with van der Waals surface area (Å²) in [5.74, 6) is -0.214. The Morgan fingerprint density at radius 1 is 1.29 bits per heavy atom. The third kappa shape index (κ3) is 2.93. The molecule has 108 valence electrons. The Labute approximate surface area is 127 Å². The van der Waals surface area contributed by atoms with Gasteiger partial charge in [-0.1, -0.05) is 29.8 Å². The Balaban J connectivity index is 1.70. The van der Waals surface area contributed by atoms with Crippen LogP contribution >= 0.6 is 11.6 Å². The molecule has 2 atom stereocenters. The van der Waals surface area contributed by atoms with Gasteiger partial charge in [-0.2, -0.15) is 0 Å². The maximum absolute atomic E-state index is 13.1. The second-order valence-electron chi connectivity index (χ2n) is 5.42. The number of carbonyl (C=O) groups is 1. The number of rotatable bonds is 3. The number of benzene rings is 2. The Morgan fingerprint density at radius 2 is 2.05 bits per heavy atom. The van der Waals surface area contributed by atoms with E-state index in [-0.39, 0.29) is 23.6 Å². The monoisotopic (exact) mass is 303 g/mol. The SMILES string of the molecule is Cc1cc(F)ccc1NC(=O)C1CC1c1ccccc1Cl. The Bertz CT molecular complexity index is 701. The van der Waals surface area contributed by atoms with Gasteiger partial charge in [0, 0.05) is 16.6 Å². The normalized spacial score (nSPS) is 20.1. The van der Waals surface area contributed by atoms with Gasteiger partial charge >= 0.3 is 0 Å². The van der Waals surface area contributed by atoms with Gasteiger partial charge in [-0.3, -0.25) is 4.79 Å². The summed E-state index contributed by atoms with van der Waals surface area (Å²) in [5, 5.41) is 3.57. The van der Waals surface area contributed by atoms with Crippen LogP contribution in [0.2, 0.25) is 5.02 Å². The molecule has 1 saturated carbocycles. The summed E-state index contributed by atoms with van der Waals surface area (Å²) in [7, 11) is 0. The van der Waals surface area contributed by atoms with Crippen molar-refractivity contribution in [3.63, 3.8) is 0 Å². The third-order valence-corrected chi connectivity index (χ3v) is 4.22. The van der Waals surface area contributed by atoms with Crippen molar-refractivity contribution in [1.82, 2.24) is 0 Å². The minimum atomic E-state index is -0.300. The first-order valence-electron chi connectivity index (χ1n) is 6.87. The molecule has 0 bridgehead atoms. The topological polar surface area (TPSA) is 29.1 Å². The zero-order valence-electron chi connectivity index (χ0n) is 11.6. The number of amides is 1. The van der Waals surface area contributed by atoms with Crippen molar-refractivity contribution < 1.29 is 9.18 Å². The molecule has 0 aliphatic heterocycles. The largest absolute Gasteiger partial charge is 0.326 e. The molecule has 0 aromatic heterocycles. The lowest BCUT2D eigenvalue weighted by molar-refractivity contribution is -0.117. The van der Waals surface area contributed by atoms with Crippen LogP contribution in [0, 0.1) is 18.7 Å². The highest BCUT2D eigenvalue weighted by atomic mass is 35.5. The van der Waals surface area contributed by atoms with Gasteiger partial charge in [0.2, 0.25) is 5.91 Å². The van der Waals surface area contributed by atoms with Gasteiger partial charge in [0.1, 0.15) is 5.82 Å². The molecule has 1 fully saturated rings. The maximum Gasteiger partial charge on any atom is 0.228 e. The second kappa shape index (κ2) is 5.49. The molecule has 1 aliphatic carbocycles. The number of nitrogens with one attached hydrogen (secondary N) is 1. The van der Waals surface area contributed by atoms with E-state index < -0.39 is 0 Å². The van der Waals surface area contributed by atoms with Crippen LogP contribution in [0.5, 0.6) is 0 Å². The van der Waals surface area contributed by atoms with Gasteiger partial charge < -0.3 is 5.32 Å². The molecule has 4 heteroatoms. The van der Waals surface area contributed by atoms with Crippen LogP contribution in [0.3, 0.4) is 0 Å². The van der Waals surface area contributed by atoms with E-state index in [2.05, 4.69) is 5.32 Å². The first kappa shape index (κ1) is 14.1. The highest BCUT2D eigenvalue weighted by Gasteiger charge is 2.44. The van der Waals surface area contributed by atoms with Crippen LogP contribution in [0.4, 0.5) is 10.1 Å². The maximum atomic E-state index is 13.1. The summed E-state index contributed by atoms with van der Waals surface area (Å²) < 4.78 is 13.1. The minimum Gasteiger partial charge on any atom is -0.326 e. The molecule has 0 saturated heterocycles. The van der Waals surface area contributed by atoms with E-state index in [1.807, 2.05) is 24.3 Å². The lowest BCUT2D eigenvalue weighted by atomic mass is 10.1. The predicted octanol–water partition coefficient (Wildman–Crippen LogP) is 4.53. The number of carbonyl (C=O) groups excluding carboxylic acids is 1. The van der Waals surface area contributed by atoms with Crippen molar-refractivity contribution in [2.45, 2.75) is 19.3 Å².